The van der Waals surface area contributed by atoms with Gasteiger partial charge in [-0.05, 0) is 37.5 Å². The zero-order valence-corrected chi connectivity index (χ0v) is 12.8. The number of hydrazine groups is 1. The smallest absolute Gasteiger partial charge is 0.286 e. The lowest BCUT2D eigenvalue weighted by atomic mass is 9.94. The Balaban J connectivity index is 1.83. The summed E-state index contributed by atoms with van der Waals surface area (Å²) in [6.45, 7) is 1.83. The number of aromatic amines is 1. The van der Waals surface area contributed by atoms with Crippen LogP contribution in [0.4, 0.5) is 5.69 Å². The molecule has 1 heterocycles. The van der Waals surface area contributed by atoms with Crippen molar-refractivity contribution in [3.63, 3.8) is 0 Å². The molecule has 2 N–H and O–H groups in total. The Labute approximate surface area is 129 Å². The van der Waals surface area contributed by atoms with E-state index >= 15 is 0 Å². The number of anilines is 1. The van der Waals surface area contributed by atoms with Crippen molar-refractivity contribution < 1.29 is 9.59 Å². The average Bonchev–Trinajstić information content (AvgIpc) is 2.86. The summed E-state index contributed by atoms with van der Waals surface area (Å²) in [6, 6.07) is 9.57. The lowest BCUT2D eigenvalue weighted by Gasteiger charge is -2.20. The SMILES string of the molecule is Cc1c(C(=O)NN(C)c2ccccc2)[nH]c2c1C(=O)CCC2. The molecule has 5 heteroatoms. The molecule has 0 aliphatic heterocycles. The topological polar surface area (TPSA) is 65.2 Å². The fraction of sp³-hybridized carbons (Fsp3) is 0.294. The number of carbonyl (C=O) groups excluding carboxylic acids is 2. The standard InChI is InChI=1S/C17H19N3O2/c1-11-15-13(9-6-10-14(15)21)18-16(11)17(22)19-20(2)12-7-4-3-5-8-12/h3-5,7-8,18H,6,9-10H2,1-2H3,(H,19,22). The number of para-hydroxylation sites is 1. The van der Waals surface area contributed by atoms with E-state index in [0.717, 1.165) is 29.8 Å². The van der Waals surface area contributed by atoms with Gasteiger partial charge in [0.2, 0.25) is 0 Å². The third-order valence-corrected chi connectivity index (χ3v) is 4.08. The first-order valence-corrected chi connectivity index (χ1v) is 7.42. The summed E-state index contributed by atoms with van der Waals surface area (Å²) in [5, 5.41) is 1.67. The highest BCUT2D eigenvalue weighted by atomic mass is 16.2. The molecule has 2 aromatic rings. The van der Waals surface area contributed by atoms with Gasteiger partial charge in [-0.15, -0.1) is 0 Å². The molecule has 0 saturated heterocycles. The fourth-order valence-electron chi connectivity index (χ4n) is 2.93. The monoisotopic (exact) mass is 297 g/mol. The second-order valence-electron chi connectivity index (χ2n) is 5.59. The van der Waals surface area contributed by atoms with Gasteiger partial charge in [-0.1, -0.05) is 18.2 Å². The molecule has 0 spiro atoms. The number of aryl methyl sites for hydroxylation is 1. The molecule has 1 amide bonds. The second kappa shape index (κ2) is 5.67. The molecule has 0 bridgehead atoms. The van der Waals surface area contributed by atoms with Crippen LogP contribution in [0.2, 0.25) is 0 Å². The van der Waals surface area contributed by atoms with Crippen molar-refractivity contribution in [1.29, 1.82) is 0 Å². The van der Waals surface area contributed by atoms with Gasteiger partial charge in [0, 0.05) is 24.7 Å². The molecule has 22 heavy (non-hydrogen) atoms. The van der Waals surface area contributed by atoms with E-state index < -0.39 is 0 Å². The third-order valence-electron chi connectivity index (χ3n) is 4.08. The van der Waals surface area contributed by atoms with Crippen LogP contribution in [0, 0.1) is 6.92 Å². The van der Waals surface area contributed by atoms with Crippen molar-refractivity contribution in [2.75, 3.05) is 12.1 Å². The normalized spacial score (nSPS) is 13.6. The number of amides is 1. The number of carbonyl (C=O) groups is 2. The maximum Gasteiger partial charge on any atom is 0.286 e. The van der Waals surface area contributed by atoms with Gasteiger partial charge in [0.25, 0.3) is 5.91 Å². The summed E-state index contributed by atoms with van der Waals surface area (Å²) in [7, 11) is 1.79. The van der Waals surface area contributed by atoms with Crippen LogP contribution in [0.25, 0.3) is 0 Å². The summed E-state index contributed by atoms with van der Waals surface area (Å²) in [5.74, 6) is -0.100. The number of rotatable bonds is 3. The summed E-state index contributed by atoms with van der Waals surface area (Å²) in [5.41, 5.74) is 6.54. The van der Waals surface area contributed by atoms with Crippen LogP contribution in [-0.2, 0) is 6.42 Å². The summed E-state index contributed by atoms with van der Waals surface area (Å²) in [4.78, 5) is 27.6. The van der Waals surface area contributed by atoms with Gasteiger partial charge in [-0.3, -0.25) is 20.0 Å². The molecule has 0 fully saturated rings. The van der Waals surface area contributed by atoms with Crippen molar-refractivity contribution >= 4 is 17.4 Å². The molecule has 0 radical (unpaired) electrons. The number of nitrogens with zero attached hydrogens (tertiary/aromatic N) is 1. The number of nitrogens with one attached hydrogen (secondary N) is 2. The van der Waals surface area contributed by atoms with Crippen molar-refractivity contribution in [2.45, 2.75) is 26.2 Å². The van der Waals surface area contributed by atoms with Crippen molar-refractivity contribution in [1.82, 2.24) is 10.4 Å². The number of Topliss-reactive ketones (excluding diaryl/α,β-unsaturated/α-hetero) is 1. The minimum Gasteiger partial charge on any atom is -0.354 e. The largest absolute Gasteiger partial charge is 0.354 e. The van der Waals surface area contributed by atoms with E-state index in [1.165, 1.54) is 0 Å². The molecule has 0 atom stereocenters. The van der Waals surface area contributed by atoms with Gasteiger partial charge in [-0.25, -0.2) is 0 Å². The van der Waals surface area contributed by atoms with E-state index in [2.05, 4.69) is 10.4 Å². The van der Waals surface area contributed by atoms with Crippen LogP contribution in [-0.4, -0.2) is 23.7 Å². The number of aromatic nitrogens is 1. The highest BCUT2D eigenvalue weighted by Crippen LogP contribution is 2.26. The van der Waals surface area contributed by atoms with Crippen molar-refractivity contribution in [3.8, 4) is 0 Å². The molecule has 1 aliphatic rings. The van der Waals surface area contributed by atoms with Crippen LogP contribution in [0.5, 0.6) is 0 Å². The van der Waals surface area contributed by atoms with E-state index in [-0.39, 0.29) is 11.7 Å². The molecular formula is C17H19N3O2. The molecule has 1 aromatic heterocycles. The van der Waals surface area contributed by atoms with Gasteiger partial charge in [-0.2, -0.15) is 0 Å². The predicted molar refractivity (Wildman–Crippen MR) is 85.1 cm³/mol. The Morgan fingerprint density at radius 2 is 1.95 bits per heavy atom. The summed E-state index contributed by atoms with van der Waals surface area (Å²) < 4.78 is 0. The Bertz CT molecular complexity index is 719. The maximum absolute atomic E-state index is 12.5. The Morgan fingerprint density at radius 3 is 2.64 bits per heavy atom. The first-order chi connectivity index (χ1) is 10.6. The predicted octanol–water partition coefficient (Wildman–Crippen LogP) is 2.62. The molecule has 1 aliphatic carbocycles. The molecule has 0 saturated carbocycles. The maximum atomic E-state index is 12.5. The highest BCUT2D eigenvalue weighted by molar-refractivity contribution is 6.04. The van der Waals surface area contributed by atoms with Gasteiger partial charge < -0.3 is 4.98 Å². The van der Waals surface area contributed by atoms with Gasteiger partial charge in [0.1, 0.15) is 5.69 Å². The fourth-order valence-corrected chi connectivity index (χ4v) is 2.93. The zero-order chi connectivity index (χ0) is 15.7. The van der Waals surface area contributed by atoms with E-state index in [1.807, 2.05) is 37.3 Å². The van der Waals surface area contributed by atoms with E-state index in [4.69, 9.17) is 0 Å². The number of H-pyrrole nitrogens is 1. The first-order valence-electron chi connectivity index (χ1n) is 7.42. The molecule has 0 unspecified atom stereocenters. The van der Waals surface area contributed by atoms with Crippen molar-refractivity contribution in [2.24, 2.45) is 0 Å². The van der Waals surface area contributed by atoms with Crippen LogP contribution in [0.1, 0.15) is 44.9 Å². The third kappa shape index (κ3) is 2.50. The number of ketones is 1. The number of fused-ring (bicyclic) bond motifs is 1. The number of hydrogen-bond acceptors (Lipinski definition) is 3. The average molecular weight is 297 g/mol. The first kappa shape index (κ1) is 14.4. The van der Waals surface area contributed by atoms with Crippen LogP contribution >= 0.6 is 0 Å². The second-order valence-corrected chi connectivity index (χ2v) is 5.59. The lowest BCUT2D eigenvalue weighted by molar-refractivity contribution is 0.0945. The Morgan fingerprint density at radius 1 is 1.23 bits per heavy atom. The number of hydrogen-bond donors (Lipinski definition) is 2. The molecule has 114 valence electrons. The Hall–Kier alpha value is -2.56. The quantitative estimate of drug-likeness (QED) is 0.856. The molecule has 1 aromatic carbocycles. The minimum atomic E-state index is -0.231. The van der Waals surface area contributed by atoms with Crippen LogP contribution in [0.15, 0.2) is 30.3 Å². The van der Waals surface area contributed by atoms with Gasteiger partial charge in [0.05, 0.1) is 5.69 Å². The Kier molecular flexibility index (Phi) is 3.71. The highest BCUT2D eigenvalue weighted by Gasteiger charge is 2.26. The molecule has 3 rings (SSSR count). The zero-order valence-electron chi connectivity index (χ0n) is 12.8. The minimum absolute atomic E-state index is 0.130. The molecule has 5 nitrogen and oxygen atoms in total. The van der Waals surface area contributed by atoms with Gasteiger partial charge in [0.15, 0.2) is 5.78 Å². The van der Waals surface area contributed by atoms with Crippen molar-refractivity contribution in [3.05, 3.63) is 52.8 Å². The van der Waals surface area contributed by atoms with Gasteiger partial charge >= 0.3 is 0 Å². The van der Waals surface area contributed by atoms with E-state index in [9.17, 15) is 9.59 Å². The van der Waals surface area contributed by atoms with Crippen LogP contribution < -0.4 is 10.4 Å². The summed E-state index contributed by atoms with van der Waals surface area (Å²) in [6.07, 6.45) is 2.23. The lowest BCUT2D eigenvalue weighted by Crippen LogP contribution is -2.39. The van der Waals surface area contributed by atoms with E-state index in [1.54, 1.807) is 12.1 Å². The molecular weight excluding hydrogens is 278 g/mol. The summed E-state index contributed by atoms with van der Waals surface area (Å²) >= 11 is 0. The van der Waals surface area contributed by atoms with Crippen LogP contribution in [0.3, 0.4) is 0 Å². The number of benzene rings is 1. The van der Waals surface area contributed by atoms with E-state index in [0.29, 0.717) is 17.7 Å².